The van der Waals surface area contributed by atoms with Gasteiger partial charge in [0.15, 0.2) is 0 Å². The van der Waals surface area contributed by atoms with Gasteiger partial charge in [-0.2, -0.15) is 0 Å². The van der Waals surface area contributed by atoms with Crippen LogP contribution >= 0.6 is 12.8 Å². The molecule has 4 heteroatoms. The fourth-order valence-corrected chi connectivity index (χ4v) is 0.619. The smallest absolute Gasteiger partial charge is 0.247 e. The van der Waals surface area contributed by atoms with Gasteiger partial charge in [-0.05, 0) is 0 Å². The molecule has 1 amide bonds. The van der Waals surface area contributed by atoms with Crippen molar-refractivity contribution < 1.29 is 4.79 Å². The Morgan fingerprint density at radius 3 is 2.71 bits per heavy atom. The Hall–Kier alpha value is -0.220. The van der Waals surface area contributed by atoms with Crippen LogP contribution in [0.15, 0.2) is 0 Å². The third-order valence-electron chi connectivity index (χ3n) is 0.826. The van der Waals surface area contributed by atoms with Gasteiger partial charge in [0.2, 0.25) is 5.91 Å². The highest BCUT2D eigenvalue weighted by molar-refractivity contribution is 7.78. The molecule has 0 aromatic rings. The minimum absolute atomic E-state index is 0.0448. The SMILES string of the molecule is O=C1CNCN1S. The van der Waals surface area contributed by atoms with Gasteiger partial charge in [-0.25, -0.2) is 0 Å². The molecule has 1 rings (SSSR count). The lowest BCUT2D eigenvalue weighted by molar-refractivity contribution is -0.122. The van der Waals surface area contributed by atoms with Crippen molar-refractivity contribution in [2.24, 2.45) is 0 Å². The number of amides is 1. The zero-order chi connectivity index (χ0) is 5.28. The summed E-state index contributed by atoms with van der Waals surface area (Å²) in [7, 11) is 0. The maximum absolute atomic E-state index is 10.4. The first-order chi connectivity index (χ1) is 3.30. The van der Waals surface area contributed by atoms with Crippen LogP contribution in [0.25, 0.3) is 0 Å². The van der Waals surface area contributed by atoms with Crippen molar-refractivity contribution >= 4 is 18.7 Å². The molecule has 1 aliphatic heterocycles. The van der Waals surface area contributed by atoms with Crippen LogP contribution in [0.1, 0.15) is 0 Å². The predicted molar refractivity (Wildman–Crippen MR) is 28.7 cm³/mol. The second-order valence-corrected chi connectivity index (χ2v) is 1.86. The summed E-state index contributed by atoms with van der Waals surface area (Å²) in [6.07, 6.45) is 0. The van der Waals surface area contributed by atoms with Gasteiger partial charge in [0.25, 0.3) is 0 Å². The Morgan fingerprint density at radius 2 is 2.57 bits per heavy atom. The molecule has 0 radical (unpaired) electrons. The summed E-state index contributed by atoms with van der Waals surface area (Å²) in [4.78, 5) is 10.4. The average Bonchev–Trinajstić information content (AvgIpc) is 1.91. The van der Waals surface area contributed by atoms with E-state index in [9.17, 15) is 4.79 Å². The van der Waals surface area contributed by atoms with Crippen molar-refractivity contribution in [3.63, 3.8) is 0 Å². The van der Waals surface area contributed by atoms with Gasteiger partial charge < -0.3 is 0 Å². The maximum atomic E-state index is 10.4. The molecule has 0 saturated carbocycles. The van der Waals surface area contributed by atoms with E-state index >= 15 is 0 Å². The van der Waals surface area contributed by atoms with E-state index in [1.54, 1.807) is 0 Å². The van der Waals surface area contributed by atoms with Crippen molar-refractivity contribution in [1.29, 1.82) is 0 Å². The van der Waals surface area contributed by atoms with E-state index in [2.05, 4.69) is 18.1 Å². The van der Waals surface area contributed by atoms with Gasteiger partial charge in [-0.1, -0.05) is 12.8 Å². The molecule has 0 aliphatic carbocycles. The minimum Gasteiger partial charge on any atom is -0.290 e. The van der Waals surface area contributed by atoms with Crippen LogP contribution in [0.3, 0.4) is 0 Å². The van der Waals surface area contributed by atoms with Crippen LogP contribution in [-0.2, 0) is 4.79 Å². The molecule has 3 nitrogen and oxygen atoms in total. The minimum atomic E-state index is 0.0448. The van der Waals surface area contributed by atoms with Gasteiger partial charge in [0.05, 0.1) is 13.2 Å². The number of rotatable bonds is 0. The van der Waals surface area contributed by atoms with Crippen LogP contribution in [0.5, 0.6) is 0 Å². The first kappa shape index (κ1) is 4.93. The summed E-state index contributed by atoms with van der Waals surface area (Å²) in [6, 6.07) is 0. The molecule has 1 saturated heterocycles. The van der Waals surface area contributed by atoms with Crippen LogP contribution in [0.4, 0.5) is 0 Å². The Morgan fingerprint density at radius 1 is 1.86 bits per heavy atom. The first-order valence-corrected chi connectivity index (χ1v) is 2.40. The summed E-state index contributed by atoms with van der Waals surface area (Å²) in [6.45, 7) is 1.01. The van der Waals surface area contributed by atoms with E-state index in [-0.39, 0.29) is 5.91 Å². The molecule has 0 bridgehead atoms. The Balaban J connectivity index is 2.48. The van der Waals surface area contributed by atoms with E-state index in [0.29, 0.717) is 13.2 Å². The lowest BCUT2D eigenvalue weighted by Crippen LogP contribution is -2.13. The first-order valence-electron chi connectivity index (χ1n) is 2.00. The Bertz CT molecular complexity index is 94.9. The van der Waals surface area contributed by atoms with Gasteiger partial charge in [0, 0.05) is 0 Å². The van der Waals surface area contributed by atoms with Crippen molar-refractivity contribution in [2.75, 3.05) is 13.2 Å². The molecule has 40 valence electrons. The lowest BCUT2D eigenvalue weighted by Gasteiger charge is -1.99. The molecular weight excluding hydrogens is 112 g/mol. The molecule has 0 atom stereocenters. The number of hydrogen-bond acceptors (Lipinski definition) is 3. The molecule has 1 heterocycles. The van der Waals surface area contributed by atoms with E-state index < -0.39 is 0 Å². The number of nitrogens with zero attached hydrogens (tertiary/aromatic N) is 1. The third kappa shape index (κ3) is 0.863. The summed E-state index contributed by atoms with van der Waals surface area (Å²) in [5.41, 5.74) is 0. The highest BCUT2D eigenvalue weighted by Gasteiger charge is 2.14. The third-order valence-corrected chi connectivity index (χ3v) is 1.19. The number of thiol groups is 1. The standard InChI is InChI=1S/C3H6N2OS/c6-3-1-4-2-5(3)7/h4,7H,1-2H2. The summed E-state index contributed by atoms with van der Waals surface area (Å²) in [5.74, 6) is 0.0448. The Labute approximate surface area is 47.2 Å². The molecule has 0 spiro atoms. The van der Waals surface area contributed by atoms with Crippen molar-refractivity contribution in [3.8, 4) is 0 Å². The van der Waals surface area contributed by atoms with Gasteiger partial charge >= 0.3 is 0 Å². The topological polar surface area (TPSA) is 32.3 Å². The van der Waals surface area contributed by atoms with E-state index in [1.807, 2.05) is 0 Å². The van der Waals surface area contributed by atoms with E-state index in [4.69, 9.17) is 0 Å². The van der Waals surface area contributed by atoms with Crippen LogP contribution < -0.4 is 5.32 Å². The monoisotopic (exact) mass is 118 g/mol. The maximum Gasteiger partial charge on any atom is 0.247 e. The van der Waals surface area contributed by atoms with Crippen molar-refractivity contribution in [1.82, 2.24) is 9.62 Å². The molecule has 1 aliphatic rings. The largest absolute Gasteiger partial charge is 0.290 e. The van der Waals surface area contributed by atoms with Crippen LogP contribution in [-0.4, -0.2) is 23.4 Å². The molecule has 1 N–H and O–H groups in total. The zero-order valence-electron chi connectivity index (χ0n) is 3.72. The van der Waals surface area contributed by atoms with Crippen molar-refractivity contribution in [2.45, 2.75) is 0 Å². The predicted octanol–water partition coefficient (Wildman–Crippen LogP) is -0.780. The lowest BCUT2D eigenvalue weighted by atomic mass is 10.7. The normalized spacial score (nSPS) is 21.3. The number of nitrogens with one attached hydrogen (secondary N) is 1. The second kappa shape index (κ2) is 1.71. The van der Waals surface area contributed by atoms with Crippen LogP contribution in [0, 0.1) is 0 Å². The van der Waals surface area contributed by atoms with Gasteiger partial charge in [-0.3, -0.25) is 14.4 Å². The summed E-state index contributed by atoms with van der Waals surface area (Å²) in [5, 5.41) is 2.82. The van der Waals surface area contributed by atoms with Gasteiger partial charge in [-0.15, -0.1) is 0 Å². The molecular formula is C3H6N2OS. The number of carbonyl (C=O) groups is 1. The zero-order valence-corrected chi connectivity index (χ0v) is 4.61. The van der Waals surface area contributed by atoms with E-state index in [1.165, 1.54) is 4.31 Å². The molecule has 1 fully saturated rings. The quantitative estimate of drug-likeness (QED) is 0.409. The number of hydrogen-bond donors (Lipinski definition) is 2. The molecule has 0 unspecified atom stereocenters. The fraction of sp³-hybridized carbons (Fsp3) is 0.667. The fourth-order valence-electron chi connectivity index (χ4n) is 0.448. The average molecular weight is 118 g/mol. The number of carbonyl (C=O) groups excluding carboxylic acids is 1. The summed E-state index contributed by atoms with van der Waals surface area (Å²) < 4.78 is 1.35. The Kier molecular flexibility index (Phi) is 1.21. The highest BCUT2D eigenvalue weighted by atomic mass is 32.1. The summed E-state index contributed by atoms with van der Waals surface area (Å²) >= 11 is 3.81. The molecule has 0 aromatic heterocycles. The highest BCUT2D eigenvalue weighted by Crippen LogP contribution is 1.95. The van der Waals surface area contributed by atoms with Crippen LogP contribution in [0.2, 0.25) is 0 Å². The van der Waals surface area contributed by atoms with Crippen molar-refractivity contribution in [3.05, 3.63) is 0 Å². The van der Waals surface area contributed by atoms with Gasteiger partial charge in [0.1, 0.15) is 0 Å². The second-order valence-electron chi connectivity index (χ2n) is 1.38. The molecule has 0 aromatic carbocycles. The van der Waals surface area contributed by atoms with E-state index in [0.717, 1.165) is 0 Å². The molecule has 7 heavy (non-hydrogen) atoms.